The Balaban J connectivity index is 0. The van der Waals surface area contributed by atoms with Crippen LogP contribution in [0.4, 0.5) is 0 Å². The molecule has 0 saturated carbocycles. The summed E-state index contributed by atoms with van der Waals surface area (Å²) < 4.78 is 0. The van der Waals surface area contributed by atoms with Gasteiger partial charge >= 0.3 is 37.7 Å². The van der Waals surface area contributed by atoms with Crippen molar-refractivity contribution in [3.63, 3.8) is 0 Å². The predicted molar refractivity (Wildman–Crippen MR) is 11.1 cm³/mol. The van der Waals surface area contributed by atoms with Gasteiger partial charge in [0.1, 0.15) is 0 Å². The van der Waals surface area contributed by atoms with Gasteiger partial charge in [-0.15, -0.1) is 0 Å². The van der Waals surface area contributed by atoms with Crippen molar-refractivity contribution in [1.82, 2.24) is 0 Å². The van der Waals surface area contributed by atoms with E-state index in [-0.39, 0.29) is 52.1 Å². The van der Waals surface area contributed by atoms with E-state index < -0.39 is 0 Å². The average Bonchev–Trinajstić information content (AvgIpc) is 0. The Morgan fingerprint density at radius 3 is 1.00 bits per heavy atom. The molecule has 0 aromatic carbocycles. The van der Waals surface area contributed by atoms with Crippen LogP contribution in [0.1, 0.15) is 1.43 Å². The van der Waals surface area contributed by atoms with E-state index in [0.717, 1.165) is 0 Å². The summed E-state index contributed by atoms with van der Waals surface area (Å²) in [5, 5.41) is 0. The summed E-state index contributed by atoms with van der Waals surface area (Å²) in [4.78, 5) is 0. The van der Waals surface area contributed by atoms with Gasteiger partial charge in [0, 0.05) is 0 Å². The first-order valence-electron chi connectivity index (χ1n) is 0. The van der Waals surface area contributed by atoms with Crippen LogP contribution in [0.15, 0.2) is 0 Å². The molecular formula is CH6Li2O. The van der Waals surface area contributed by atoms with Gasteiger partial charge in [-0.25, -0.2) is 0 Å². The van der Waals surface area contributed by atoms with Crippen molar-refractivity contribution in [3.8, 4) is 0 Å². The van der Waals surface area contributed by atoms with Crippen molar-refractivity contribution in [2.75, 3.05) is 0 Å². The van der Waals surface area contributed by atoms with Gasteiger partial charge in [-0.1, -0.05) is 0 Å². The Morgan fingerprint density at radius 2 is 1.00 bits per heavy atom. The Kier molecular flexibility index (Phi) is 517. The standard InChI is InChI=1S/CH3.2Li.H2O.H/h1H3;;;1H2;/q-1;2*+1;;-1. The second-order valence-electron chi connectivity index (χ2n) is 0. The van der Waals surface area contributed by atoms with Crippen molar-refractivity contribution in [1.29, 1.82) is 0 Å². The summed E-state index contributed by atoms with van der Waals surface area (Å²) in [6, 6.07) is 0. The summed E-state index contributed by atoms with van der Waals surface area (Å²) in [6.45, 7) is 0. The second kappa shape index (κ2) is 31.0. The van der Waals surface area contributed by atoms with E-state index in [4.69, 9.17) is 0 Å². The van der Waals surface area contributed by atoms with Gasteiger partial charge in [-0.3, -0.25) is 0 Å². The molecule has 0 atom stereocenters. The van der Waals surface area contributed by atoms with Gasteiger partial charge in [0.2, 0.25) is 0 Å². The van der Waals surface area contributed by atoms with Gasteiger partial charge in [-0.2, -0.15) is 0 Å². The first kappa shape index (κ1) is 66.7. The summed E-state index contributed by atoms with van der Waals surface area (Å²) in [5.74, 6) is 0. The topological polar surface area (TPSA) is 31.5 Å². The molecule has 0 heterocycles. The molecule has 0 aromatic rings. The zero-order chi connectivity index (χ0) is 0. The van der Waals surface area contributed by atoms with Gasteiger partial charge in [0.05, 0.1) is 0 Å². The quantitative estimate of drug-likeness (QED) is 0.193. The molecule has 18 valence electrons. The molecule has 0 unspecified atom stereocenters. The van der Waals surface area contributed by atoms with Crippen LogP contribution in [0.5, 0.6) is 0 Å². The second-order valence-corrected chi connectivity index (χ2v) is 0. The molecular weight excluding hydrogens is 41.9 g/mol. The Bertz CT molecular complexity index is 9.61. The molecule has 0 saturated heterocycles. The summed E-state index contributed by atoms with van der Waals surface area (Å²) in [7, 11) is 0. The molecule has 0 spiro atoms. The van der Waals surface area contributed by atoms with Crippen LogP contribution in [0.2, 0.25) is 0 Å². The molecule has 2 N–H and O–H groups in total. The zero-order valence-electron chi connectivity index (χ0n) is 4.50. The third-order valence-electron chi connectivity index (χ3n) is 0. The molecule has 0 aliphatic heterocycles. The van der Waals surface area contributed by atoms with E-state index in [2.05, 4.69) is 0 Å². The van der Waals surface area contributed by atoms with Crippen LogP contribution in [-0.4, -0.2) is 5.48 Å². The molecule has 0 radical (unpaired) electrons. The summed E-state index contributed by atoms with van der Waals surface area (Å²) in [6.07, 6.45) is 0. The largest absolute Gasteiger partial charge is 1.00 e. The minimum atomic E-state index is 0. The van der Waals surface area contributed by atoms with E-state index in [1.807, 2.05) is 0 Å². The zero-order valence-corrected chi connectivity index (χ0v) is 3.50. The van der Waals surface area contributed by atoms with Crippen LogP contribution >= 0.6 is 0 Å². The SMILES string of the molecule is O.[CH3-].[H-].[Li+].[Li+]. The van der Waals surface area contributed by atoms with Crippen molar-refractivity contribution in [2.45, 2.75) is 0 Å². The van der Waals surface area contributed by atoms with E-state index in [9.17, 15) is 0 Å². The smallest absolute Gasteiger partial charge is 1.00 e. The Morgan fingerprint density at radius 1 is 1.00 bits per heavy atom. The minimum absolute atomic E-state index is 0. The molecule has 0 aliphatic carbocycles. The molecule has 0 aliphatic rings. The monoisotopic (exact) mass is 48.1 g/mol. The first-order valence-corrected chi connectivity index (χ1v) is 0. The Labute approximate surface area is 52.3 Å². The molecule has 0 aromatic heterocycles. The van der Waals surface area contributed by atoms with Crippen LogP contribution in [-0.2, 0) is 0 Å². The van der Waals surface area contributed by atoms with Gasteiger partial charge in [0.15, 0.2) is 0 Å². The predicted octanol–water partition coefficient (Wildman–Crippen LogP) is -6.25. The molecule has 0 fully saturated rings. The fourth-order valence-corrected chi connectivity index (χ4v) is 0. The molecule has 0 bridgehead atoms. The van der Waals surface area contributed by atoms with Crippen molar-refractivity contribution in [3.05, 3.63) is 7.43 Å². The van der Waals surface area contributed by atoms with Crippen LogP contribution < -0.4 is 37.7 Å². The molecule has 0 rings (SSSR count). The van der Waals surface area contributed by atoms with Crippen molar-refractivity contribution >= 4 is 0 Å². The first-order chi connectivity index (χ1) is 0. The molecule has 1 nitrogen and oxygen atoms in total. The molecule has 3 heteroatoms. The fourth-order valence-electron chi connectivity index (χ4n) is 0. The van der Waals surface area contributed by atoms with Gasteiger partial charge < -0.3 is 14.3 Å². The van der Waals surface area contributed by atoms with Crippen LogP contribution in [0.25, 0.3) is 0 Å². The van der Waals surface area contributed by atoms with Gasteiger partial charge in [0.25, 0.3) is 0 Å². The third-order valence-corrected chi connectivity index (χ3v) is 0. The number of hydrogen-bond acceptors (Lipinski definition) is 0. The summed E-state index contributed by atoms with van der Waals surface area (Å²) >= 11 is 0. The van der Waals surface area contributed by atoms with Crippen molar-refractivity contribution in [2.24, 2.45) is 0 Å². The van der Waals surface area contributed by atoms with E-state index in [1.165, 1.54) is 0 Å². The maximum atomic E-state index is 0. The number of hydrogen-bond donors (Lipinski definition) is 0. The van der Waals surface area contributed by atoms with Gasteiger partial charge in [-0.05, 0) is 0 Å². The third kappa shape index (κ3) is 11.0. The maximum Gasteiger partial charge on any atom is 1.00 e. The number of rotatable bonds is 0. The van der Waals surface area contributed by atoms with Crippen LogP contribution in [0, 0.1) is 7.43 Å². The fraction of sp³-hybridized carbons (Fsp3) is 0. The van der Waals surface area contributed by atoms with Crippen molar-refractivity contribution < 1.29 is 44.6 Å². The molecule has 4 heavy (non-hydrogen) atoms. The minimum Gasteiger partial charge on any atom is -1.00 e. The van der Waals surface area contributed by atoms with E-state index in [1.54, 1.807) is 0 Å². The summed E-state index contributed by atoms with van der Waals surface area (Å²) in [5.41, 5.74) is 0. The van der Waals surface area contributed by atoms with E-state index >= 15 is 0 Å². The average molecular weight is 47.9 g/mol. The maximum absolute atomic E-state index is 0. The Hall–Kier alpha value is 1.15. The van der Waals surface area contributed by atoms with E-state index in [0.29, 0.717) is 0 Å². The molecule has 0 amide bonds. The normalized spacial score (nSPS) is 0. The van der Waals surface area contributed by atoms with Crippen LogP contribution in [0.3, 0.4) is 0 Å².